The highest BCUT2D eigenvalue weighted by atomic mass is 35.5. The molecule has 5 nitrogen and oxygen atoms in total. The molecule has 0 spiro atoms. The van der Waals surface area contributed by atoms with E-state index >= 15 is 0 Å². The van der Waals surface area contributed by atoms with Crippen molar-refractivity contribution in [3.05, 3.63) is 65.1 Å². The Hall–Kier alpha value is -2.86. The number of carbonyl (C=O) groups is 1. The largest absolute Gasteiger partial charge is 0.366 e. The number of benzene rings is 2. The zero-order valence-corrected chi connectivity index (χ0v) is 19.2. The number of para-hydroxylation sites is 1. The fourth-order valence-electron chi connectivity index (χ4n) is 4.43. The number of piperazine rings is 1. The molecular weight excluding hydrogens is 427 g/mol. The van der Waals surface area contributed by atoms with Gasteiger partial charge in [-0.2, -0.15) is 0 Å². The lowest BCUT2D eigenvalue weighted by atomic mass is 10.0. The Balaban J connectivity index is 1.57. The molecule has 168 valence electrons. The molecule has 0 saturated carbocycles. The molecule has 1 amide bonds. The number of aromatic nitrogens is 1. The number of nitrogens with zero attached hydrogens (tertiary/aromatic N) is 3. The van der Waals surface area contributed by atoms with Crippen LogP contribution in [0.5, 0.6) is 0 Å². The molecule has 1 saturated heterocycles. The smallest absolute Gasteiger partial charge is 0.256 e. The van der Waals surface area contributed by atoms with Crippen molar-refractivity contribution < 1.29 is 9.18 Å². The number of rotatable bonds is 6. The van der Waals surface area contributed by atoms with E-state index in [0.29, 0.717) is 54.7 Å². The number of hydrogen-bond acceptors (Lipinski definition) is 3. The number of amides is 1. The third-order valence-electron chi connectivity index (χ3n) is 6.36. The SMILES string of the molecule is CC[C@H](Cn1cc(C(=O)N2CCN(c3ccccc3F)CC2)c2ccc(Cl)cc21)C(C)=N. The van der Waals surface area contributed by atoms with Gasteiger partial charge in [0, 0.05) is 61.0 Å². The van der Waals surface area contributed by atoms with Gasteiger partial charge in [0.25, 0.3) is 5.91 Å². The minimum Gasteiger partial charge on any atom is -0.366 e. The fourth-order valence-corrected chi connectivity index (χ4v) is 4.59. The van der Waals surface area contributed by atoms with Crippen LogP contribution in [0.25, 0.3) is 10.9 Å². The van der Waals surface area contributed by atoms with E-state index in [1.54, 1.807) is 18.2 Å². The molecule has 1 fully saturated rings. The minimum atomic E-state index is -0.237. The van der Waals surface area contributed by atoms with Gasteiger partial charge in [0.15, 0.2) is 0 Å². The van der Waals surface area contributed by atoms with Crippen LogP contribution in [-0.4, -0.2) is 47.3 Å². The van der Waals surface area contributed by atoms with Crippen LogP contribution in [0.1, 0.15) is 30.6 Å². The third-order valence-corrected chi connectivity index (χ3v) is 6.59. The maximum atomic E-state index is 14.1. The Bertz CT molecular complexity index is 1150. The van der Waals surface area contributed by atoms with E-state index in [4.69, 9.17) is 17.0 Å². The lowest BCUT2D eigenvalue weighted by Crippen LogP contribution is -2.49. The van der Waals surface area contributed by atoms with E-state index in [2.05, 4.69) is 11.5 Å². The summed E-state index contributed by atoms with van der Waals surface area (Å²) in [7, 11) is 0. The predicted molar refractivity (Wildman–Crippen MR) is 129 cm³/mol. The summed E-state index contributed by atoms with van der Waals surface area (Å²) >= 11 is 6.26. The highest BCUT2D eigenvalue weighted by Crippen LogP contribution is 2.28. The maximum Gasteiger partial charge on any atom is 0.256 e. The Morgan fingerprint density at radius 2 is 1.88 bits per heavy atom. The number of carbonyl (C=O) groups excluding carboxylic acids is 1. The first-order chi connectivity index (χ1) is 15.4. The van der Waals surface area contributed by atoms with Gasteiger partial charge in [0.05, 0.1) is 16.8 Å². The third kappa shape index (κ3) is 4.37. The average molecular weight is 455 g/mol. The van der Waals surface area contributed by atoms with Crippen molar-refractivity contribution in [1.29, 1.82) is 5.41 Å². The molecule has 32 heavy (non-hydrogen) atoms. The van der Waals surface area contributed by atoms with Crippen LogP contribution < -0.4 is 4.90 Å². The van der Waals surface area contributed by atoms with Crippen molar-refractivity contribution in [2.75, 3.05) is 31.1 Å². The number of fused-ring (bicyclic) bond motifs is 1. The van der Waals surface area contributed by atoms with Crippen molar-refractivity contribution in [1.82, 2.24) is 9.47 Å². The molecule has 2 aromatic carbocycles. The first kappa shape index (κ1) is 22.3. The normalized spacial score (nSPS) is 15.2. The Morgan fingerprint density at radius 1 is 1.16 bits per heavy atom. The number of halogens is 2. The monoisotopic (exact) mass is 454 g/mol. The van der Waals surface area contributed by atoms with Gasteiger partial charge in [-0.1, -0.05) is 36.7 Å². The second-order valence-corrected chi connectivity index (χ2v) is 8.81. The van der Waals surface area contributed by atoms with Gasteiger partial charge < -0.3 is 19.8 Å². The molecule has 7 heteroatoms. The van der Waals surface area contributed by atoms with Gasteiger partial charge in [0.2, 0.25) is 0 Å². The lowest BCUT2D eigenvalue weighted by Gasteiger charge is -2.36. The molecule has 0 aliphatic carbocycles. The standard InChI is InChI=1S/C25H28ClFN4O/c1-3-18(17(2)28)15-31-16-21(20-9-8-19(26)14-24(20)31)25(32)30-12-10-29(11-13-30)23-7-5-4-6-22(23)27/h4-9,14,16,18,28H,3,10-13,15H2,1-2H3/t18-/m1/s1. The molecule has 1 aromatic heterocycles. The molecule has 1 aliphatic rings. The van der Waals surface area contributed by atoms with E-state index in [-0.39, 0.29) is 17.6 Å². The summed E-state index contributed by atoms with van der Waals surface area (Å²) in [5.74, 6) is -0.153. The number of nitrogens with one attached hydrogen (secondary N) is 1. The van der Waals surface area contributed by atoms with Gasteiger partial charge in [0.1, 0.15) is 5.82 Å². The molecule has 0 unspecified atom stereocenters. The Morgan fingerprint density at radius 3 is 2.53 bits per heavy atom. The Labute approximate surface area is 192 Å². The number of hydrogen-bond donors (Lipinski definition) is 1. The summed E-state index contributed by atoms with van der Waals surface area (Å²) in [4.78, 5) is 17.3. The average Bonchev–Trinajstić information content (AvgIpc) is 3.14. The van der Waals surface area contributed by atoms with Crippen molar-refractivity contribution in [3.63, 3.8) is 0 Å². The molecule has 1 N–H and O–H groups in total. The van der Waals surface area contributed by atoms with Crippen LogP contribution in [-0.2, 0) is 6.54 Å². The van der Waals surface area contributed by atoms with Crippen LogP contribution >= 0.6 is 11.6 Å². The van der Waals surface area contributed by atoms with E-state index in [1.807, 2.05) is 41.1 Å². The second-order valence-electron chi connectivity index (χ2n) is 8.38. The van der Waals surface area contributed by atoms with Crippen molar-refractivity contribution in [3.8, 4) is 0 Å². The minimum absolute atomic E-state index is 0.0242. The summed E-state index contributed by atoms with van der Waals surface area (Å²) in [6.07, 6.45) is 2.76. The molecule has 1 atom stereocenters. The summed E-state index contributed by atoms with van der Waals surface area (Å²) in [5, 5.41) is 9.55. The summed E-state index contributed by atoms with van der Waals surface area (Å²) < 4.78 is 16.2. The summed E-state index contributed by atoms with van der Waals surface area (Å²) in [6.45, 7) is 6.77. The van der Waals surface area contributed by atoms with Gasteiger partial charge in [-0.25, -0.2) is 4.39 Å². The molecule has 3 aromatic rings. The lowest BCUT2D eigenvalue weighted by molar-refractivity contribution is 0.0748. The zero-order chi connectivity index (χ0) is 22.8. The summed E-state index contributed by atoms with van der Waals surface area (Å²) in [5.41, 5.74) is 2.77. The highest BCUT2D eigenvalue weighted by Gasteiger charge is 2.26. The maximum absolute atomic E-state index is 14.1. The quantitative estimate of drug-likeness (QED) is 0.502. The predicted octanol–water partition coefficient (Wildman–Crippen LogP) is 5.46. The van der Waals surface area contributed by atoms with Crippen LogP contribution in [0.4, 0.5) is 10.1 Å². The van der Waals surface area contributed by atoms with Crippen LogP contribution in [0.2, 0.25) is 5.02 Å². The molecule has 0 radical (unpaired) electrons. The van der Waals surface area contributed by atoms with Gasteiger partial charge in [-0.15, -0.1) is 0 Å². The van der Waals surface area contributed by atoms with Crippen molar-refractivity contribution in [2.45, 2.75) is 26.8 Å². The van der Waals surface area contributed by atoms with Gasteiger partial charge in [-0.3, -0.25) is 4.79 Å². The van der Waals surface area contributed by atoms with Gasteiger partial charge >= 0.3 is 0 Å². The number of anilines is 1. The van der Waals surface area contributed by atoms with E-state index in [0.717, 1.165) is 17.3 Å². The van der Waals surface area contributed by atoms with E-state index in [9.17, 15) is 9.18 Å². The Kier molecular flexibility index (Phi) is 6.51. The van der Waals surface area contributed by atoms with Crippen molar-refractivity contribution in [2.24, 2.45) is 5.92 Å². The van der Waals surface area contributed by atoms with Crippen LogP contribution in [0, 0.1) is 17.1 Å². The first-order valence-electron chi connectivity index (χ1n) is 11.0. The van der Waals surface area contributed by atoms with Crippen molar-refractivity contribution >= 4 is 39.8 Å². The fraction of sp³-hybridized carbons (Fsp3) is 0.360. The molecule has 2 heterocycles. The van der Waals surface area contributed by atoms with E-state index < -0.39 is 0 Å². The van der Waals surface area contributed by atoms with Crippen LogP contribution in [0.3, 0.4) is 0 Å². The second kappa shape index (κ2) is 9.33. The van der Waals surface area contributed by atoms with E-state index in [1.165, 1.54) is 6.07 Å². The molecule has 0 bridgehead atoms. The topological polar surface area (TPSA) is 52.3 Å². The first-order valence-corrected chi connectivity index (χ1v) is 11.4. The van der Waals surface area contributed by atoms with Gasteiger partial charge in [-0.05, 0) is 37.6 Å². The van der Waals surface area contributed by atoms with Crippen LogP contribution in [0.15, 0.2) is 48.7 Å². The molecular formula is C25H28ClFN4O. The highest BCUT2D eigenvalue weighted by molar-refractivity contribution is 6.31. The molecule has 4 rings (SSSR count). The summed E-state index contributed by atoms with van der Waals surface area (Å²) in [6, 6.07) is 12.3. The zero-order valence-electron chi connectivity index (χ0n) is 18.4. The molecule has 1 aliphatic heterocycles.